The molecule has 1 unspecified atom stereocenters. The van der Waals surface area contributed by atoms with Gasteiger partial charge in [-0.15, -0.1) is 0 Å². The summed E-state index contributed by atoms with van der Waals surface area (Å²) in [5, 5.41) is 15.2. The van der Waals surface area contributed by atoms with Crippen molar-refractivity contribution in [2.24, 2.45) is 0 Å². The summed E-state index contributed by atoms with van der Waals surface area (Å²) in [6.07, 6.45) is -0.462. The first-order valence-electron chi connectivity index (χ1n) is 5.44. The predicted molar refractivity (Wildman–Crippen MR) is 69.4 cm³/mol. The molecule has 94 valence electrons. The molecule has 0 spiro atoms. The van der Waals surface area contributed by atoms with Crippen molar-refractivity contribution in [3.05, 3.63) is 28.8 Å². The van der Waals surface area contributed by atoms with Crippen molar-refractivity contribution in [3.63, 3.8) is 0 Å². The molecule has 0 aliphatic heterocycles. The average molecular weight is 257 g/mol. The Kier molecular flexibility index (Phi) is 5.41. The Morgan fingerprint density at radius 1 is 1.53 bits per heavy atom. The van der Waals surface area contributed by atoms with Crippen molar-refractivity contribution in [2.45, 2.75) is 20.0 Å². The molecule has 0 radical (unpaired) electrons. The molecular weight excluding hydrogens is 240 g/mol. The van der Waals surface area contributed by atoms with Crippen LogP contribution in [0.1, 0.15) is 12.5 Å². The zero-order valence-electron chi connectivity index (χ0n) is 9.96. The molecule has 4 nitrogen and oxygen atoms in total. The van der Waals surface area contributed by atoms with Crippen LogP contribution in [0.15, 0.2) is 18.2 Å². The first-order chi connectivity index (χ1) is 7.99. The highest BCUT2D eigenvalue weighted by Gasteiger charge is 2.05. The molecule has 0 saturated carbocycles. The number of hydrogen-bond acceptors (Lipinski definition) is 3. The molecule has 0 aromatic heterocycles. The number of anilines is 1. The number of carbonyl (C=O) groups excluding carboxylic acids is 1. The largest absolute Gasteiger partial charge is 0.392 e. The Hall–Kier alpha value is -1.10. The van der Waals surface area contributed by atoms with Crippen molar-refractivity contribution in [1.82, 2.24) is 5.32 Å². The van der Waals surface area contributed by atoms with E-state index in [0.29, 0.717) is 17.3 Å². The second-order valence-electron chi connectivity index (χ2n) is 3.99. The minimum atomic E-state index is -0.462. The SMILES string of the molecule is Cc1ccc(Cl)cc1NC(=O)CNCC(C)O. The predicted octanol–water partition coefficient (Wildman–Crippen LogP) is 1.56. The van der Waals surface area contributed by atoms with Gasteiger partial charge in [-0.05, 0) is 31.5 Å². The molecule has 0 aliphatic rings. The second kappa shape index (κ2) is 6.59. The summed E-state index contributed by atoms with van der Waals surface area (Å²) in [4.78, 5) is 11.6. The Morgan fingerprint density at radius 2 is 2.24 bits per heavy atom. The molecule has 0 bridgehead atoms. The lowest BCUT2D eigenvalue weighted by molar-refractivity contribution is -0.115. The van der Waals surface area contributed by atoms with Gasteiger partial charge in [-0.3, -0.25) is 4.79 Å². The molecular formula is C12H17ClN2O2. The van der Waals surface area contributed by atoms with E-state index in [2.05, 4.69) is 10.6 Å². The summed E-state index contributed by atoms with van der Waals surface area (Å²) >= 11 is 5.85. The van der Waals surface area contributed by atoms with E-state index >= 15 is 0 Å². The van der Waals surface area contributed by atoms with Gasteiger partial charge < -0.3 is 15.7 Å². The van der Waals surface area contributed by atoms with Crippen LogP contribution in [0.2, 0.25) is 5.02 Å². The van der Waals surface area contributed by atoms with Crippen LogP contribution in [0.4, 0.5) is 5.69 Å². The average Bonchev–Trinajstić information content (AvgIpc) is 2.23. The Labute approximate surface area is 106 Å². The number of nitrogens with one attached hydrogen (secondary N) is 2. The van der Waals surface area contributed by atoms with Crippen LogP contribution in [0, 0.1) is 6.92 Å². The third-order valence-corrected chi connectivity index (χ3v) is 2.43. The zero-order chi connectivity index (χ0) is 12.8. The van der Waals surface area contributed by atoms with Crippen LogP contribution in [-0.4, -0.2) is 30.2 Å². The minimum absolute atomic E-state index is 0.156. The lowest BCUT2D eigenvalue weighted by Crippen LogP contribution is -2.32. The summed E-state index contributed by atoms with van der Waals surface area (Å²) < 4.78 is 0. The number of aryl methyl sites for hydroxylation is 1. The molecule has 1 aromatic rings. The summed E-state index contributed by atoms with van der Waals surface area (Å²) in [6, 6.07) is 5.34. The maximum Gasteiger partial charge on any atom is 0.238 e. The number of amides is 1. The quantitative estimate of drug-likeness (QED) is 0.749. The number of benzene rings is 1. The number of aliphatic hydroxyl groups excluding tert-OH is 1. The van der Waals surface area contributed by atoms with Gasteiger partial charge in [-0.2, -0.15) is 0 Å². The summed E-state index contributed by atoms with van der Waals surface area (Å²) in [5.74, 6) is -0.156. The van der Waals surface area contributed by atoms with Gasteiger partial charge in [0, 0.05) is 17.3 Å². The lowest BCUT2D eigenvalue weighted by Gasteiger charge is -2.10. The Bertz CT molecular complexity index is 394. The smallest absolute Gasteiger partial charge is 0.238 e. The van der Waals surface area contributed by atoms with E-state index in [1.165, 1.54) is 0 Å². The van der Waals surface area contributed by atoms with Crippen molar-refractivity contribution in [2.75, 3.05) is 18.4 Å². The van der Waals surface area contributed by atoms with Crippen LogP contribution in [-0.2, 0) is 4.79 Å². The maximum absolute atomic E-state index is 11.6. The highest BCUT2D eigenvalue weighted by Crippen LogP contribution is 2.19. The van der Waals surface area contributed by atoms with Crippen LogP contribution in [0.25, 0.3) is 0 Å². The third kappa shape index (κ3) is 5.17. The van der Waals surface area contributed by atoms with Gasteiger partial charge in [-0.1, -0.05) is 17.7 Å². The fraction of sp³-hybridized carbons (Fsp3) is 0.417. The van der Waals surface area contributed by atoms with E-state index in [4.69, 9.17) is 16.7 Å². The first-order valence-corrected chi connectivity index (χ1v) is 5.81. The Balaban J connectivity index is 2.47. The van der Waals surface area contributed by atoms with Gasteiger partial charge in [0.25, 0.3) is 0 Å². The first kappa shape index (κ1) is 14.0. The summed E-state index contributed by atoms with van der Waals surface area (Å²) in [7, 11) is 0. The standard InChI is InChI=1S/C12H17ClN2O2/c1-8-3-4-10(13)5-11(8)15-12(17)7-14-6-9(2)16/h3-5,9,14,16H,6-7H2,1-2H3,(H,15,17). The van der Waals surface area contributed by atoms with E-state index in [1.807, 2.05) is 13.0 Å². The number of hydrogen-bond donors (Lipinski definition) is 3. The fourth-order valence-electron chi connectivity index (χ4n) is 1.32. The highest BCUT2D eigenvalue weighted by molar-refractivity contribution is 6.31. The summed E-state index contributed by atoms with van der Waals surface area (Å²) in [6.45, 7) is 4.11. The molecule has 1 amide bonds. The van der Waals surface area contributed by atoms with Crippen molar-refractivity contribution in [3.8, 4) is 0 Å². The van der Waals surface area contributed by atoms with E-state index in [9.17, 15) is 4.79 Å². The molecule has 0 saturated heterocycles. The zero-order valence-corrected chi connectivity index (χ0v) is 10.7. The van der Waals surface area contributed by atoms with E-state index in [-0.39, 0.29) is 12.5 Å². The minimum Gasteiger partial charge on any atom is -0.392 e. The lowest BCUT2D eigenvalue weighted by atomic mass is 10.2. The number of carbonyl (C=O) groups is 1. The molecule has 0 fully saturated rings. The van der Waals surface area contributed by atoms with Gasteiger partial charge in [0.15, 0.2) is 0 Å². The molecule has 17 heavy (non-hydrogen) atoms. The molecule has 1 atom stereocenters. The van der Waals surface area contributed by atoms with Crippen molar-refractivity contribution < 1.29 is 9.90 Å². The number of halogens is 1. The van der Waals surface area contributed by atoms with Gasteiger partial charge in [0.2, 0.25) is 5.91 Å². The van der Waals surface area contributed by atoms with E-state index in [0.717, 1.165) is 5.56 Å². The van der Waals surface area contributed by atoms with Crippen LogP contribution in [0.5, 0.6) is 0 Å². The highest BCUT2D eigenvalue weighted by atomic mass is 35.5. The molecule has 0 heterocycles. The maximum atomic E-state index is 11.6. The molecule has 1 rings (SSSR count). The van der Waals surface area contributed by atoms with E-state index < -0.39 is 6.10 Å². The summed E-state index contributed by atoms with van der Waals surface area (Å²) in [5.41, 5.74) is 1.67. The van der Waals surface area contributed by atoms with Gasteiger partial charge >= 0.3 is 0 Å². The molecule has 5 heteroatoms. The second-order valence-corrected chi connectivity index (χ2v) is 4.42. The normalized spacial score (nSPS) is 12.2. The van der Waals surface area contributed by atoms with Crippen molar-refractivity contribution in [1.29, 1.82) is 0 Å². The van der Waals surface area contributed by atoms with Crippen LogP contribution < -0.4 is 10.6 Å². The molecule has 3 N–H and O–H groups in total. The Morgan fingerprint density at radius 3 is 2.88 bits per heavy atom. The van der Waals surface area contributed by atoms with Crippen LogP contribution in [0.3, 0.4) is 0 Å². The van der Waals surface area contributed by atoms with Crippen LogP contribution >= 0.6 is 11.6 Å². The monoisotopic (exact) mass is 256 g/mol. The molecule has 0 aliphatic carbocycles. The van der Waals surface area contributed by atoms with Gasteiger partial charge in [0.1, 0.15) is 0 Å². The number of aliphatic hydroxyl groups is 1. The fourth-order valence-corrected chi connectivity index (χ4v) is 1.49. The van der Waals surface area contributed by atoms with Gasteiger partial charge in [0.05, 0.1) is 12.6 Å². The number of rotatable bonds is 5. The van der Waals surface area contributed by atoms with Gasteiger partial charge in [-0.25, -0.2) is 0 Å². The van der Waals surface area contributed by atoms with E-state index in [1.54, 1.807) is 19.1 Å². The molecule has 1 aromatic carbocycles. The topological polar surface area (TPSA) is 61.4 Å². The third-order valence-electron chi connectivity index (χ3n) is 2.20. The van der Waals surface area contributed by atoms with Crippen molar-refractivity contribution >= 4 is 23.2 Å².